The Labute approximate surface area is 261 Å². The van der Waals surface area contributed by atoms with Crippen LogP contribution in [0.5, 0.6) is 17.2 Å². The molecule has 45 heavy (non-hydrogen) atoms. The Morgan fingerprint density at radius 3 is 2.51 bits per heavy atom. The Morgan fingerprint density at radius 1 is 1.04 bits per heavy atom. The van der Waals surface area contributed by atoms with Crippen molar-refractivity contribution in [2.75, 3.05) is 41.0 Å². The molecule has 1 aliphatic heterocycles. The minimum Gasteiger partial charge on any atom is -0.497 e. The standard InChI is InChI=1S/C32H38N6O7/c1-21-7-13-27(45-21)30(32(40)33-19-25-6-5-17-44-25)37(16-15-22-8-14-26(42-3)28(18-22)43-4)29(39)20-38-35-31(34-36-38)23-9-11-24(41-2)12-10-23/h7-14,18,25,30H,5-6,15-17,19-20H2,1-4H3,(H,33,40)/t25-,30-/m1/s1. The van der Waals surface area contributed by atoms with Crippen LogP contribution in [0, 0.1) is 6.92 Å². The van der Waals surface area contributed by atoms with Crippen molar-refractivity contribution >= 4 is 11.8 Å². The van der Waals surface area contributed by atoms with Gasteiger partial charge < -0.3 is 33.6 Å². The molecule has 2 aromatic carbocycles. The first kappa shape index (κ1) is 31.5. The highest BCUT2D eigenvalue weighted by molar-refractivity contribution is 5.88. The zero-order chi connectivity index (χ0) is 31.8. The SMILES string of the molecule is COc1ccc(-c2nnn(CC(=O)N(CCc3ccc(OC)c(OC)c3)[C@@H](C(=O)NC[C@H]3CCCO3)c3ccc(C)o3)n2)cc1. The van der Waals surface area contributed by atoms with Gasteiger partial charge in [0.25, 0.3) is 5.91 Å². The fourth-order valence-corrected chi connectivity index (χ4v) is 5.20. The maximum Gasteiger partial charge on any atom is 0.250 e. The number of ether oxygens (including phenoxy) is 4. The average Bonchev–Trinajstić information content (AvgIpc) is 3.85. The van der Waals surface area contributed by atoms with Crippen LogP contribution in [0.2, 0.25) is 0 Å². The lowest BCUT2D eigenvalue weighted by Gasteiger charge is -2.30. The Kier molecular flexibility index (Phi) is 10.3. The van der Waals surface area contributed by atoms with E-state index < -0.39 is 6.04 Å². The van der Waals surface area contributed by atoms with Gasteiger partial charge in [-0.05, 0) is 85.5 Å². The van der Waals surface area contributed by atoms with Crippen LogP contribution >= 0.6 is 0 Å². The maximum atomic E-state index is 14.1. The highest BCUT2D eigenvalue weighted by atomic mass is 16.5. The third-order valence-corrected chi connectivity index (χ3v) is 7.61. The van der Waals surface area contributed by atoms with Gasteiger partial charge in [0, 0.05) is 25.3 Å². The van der Waals surface area contributed by atoms with Crippen molar-refractivity contribution in [1.29, 1.82) is 0 Å². The Morgan fingerprint density at radius 2 is 1.84 bits per heavy atom. The first-order chi connectivity index (χ1) is 21.9. The van der Waals surface area contributed by atoms with Gasteiger partial charge in [0.1, 0.15) is 23.8 Å². The highest BCUT2D eigenvalue weighted by Gasteiger charge is 2.35. The molecule has 1 saturated heterocycles. The molecule has 4 aromatic rings. The molecule has 0 radical (unpaired) electrons. The quantitative estimate of drug-likeness (QED) is 0.223. The smallest absolute Gasteiger partial charge is 0.250 e. The number of tetrazole rings is 1. The zero-order valence-electron chi connectivity index (χ0n) is 25.9. The Balaban J connectivity index is 1.41. The zero-order valence-corrected chi connectivity index (χ0v) is 25.9. The van der Waals surface area contributed by atoms with Crippen LogP contribution < -0.4 is 19.5 Å². The lowest BCUT2D eigenvalue weighted by molar-refractivity contribution is -0.142. The molecule has 3 heterocycles. The number of hydrogen-bond acceptors (Lipinski definition) is 10. The van der Waals surface area contributed by atoms with E-state index in [1.165, 1.54) is 9.70 Å². The van der Waals surface area contributed by atoms with Gasteiger partial charge in [0.05, 0.1) is 27.4 Å². The molecule has 238 valence electrons. The Bertz CT molecular complexity index is 1580. The van der Waals surface area contributed by atoms with Crippen LogP contribution in [-0.4, -0.2) is 84.1 Å². The van der Waals surface area contributed by atoms with E-state index in [0.717, 1.165) is 24.0 Å². The summed E-state index contributed by atoms with van der Waals surface area (Å²) >= 11 is 0. The van der Waals surface area contributed by atoms with E-state index in [-0.39, 0.29) is 31.0 Å². The van der Waals surface area contributed by atoms with Crippen LogP contribution in [0.25, 0.3) is 11.4 Å². The van der Waals surface area contributed by atoms with Crippen LogP contribution in [0.4, 0.5) is 0 Å². The minimum atomic E-state index is -1.04. The van der Waals surface area contributed by atoms with Gasteiger partial charge >= 0.3 is 0 Å². The number of methoxy groups -OCH3 is 3. The van der Waals surface area contributed by atoms with Gasteiger partial charge in [-0.2, -0.15) is 4.80 Å². The molecule has 13 heteroatoms. The summed E-state index contributed by atoms with van der Waals surface area (Å²) in [4.78, 5) is 30.6. The van der Waals surface area contributed by atoms with Crippen molar-refractivity contribution in [2.24, 2.45) is 0 Å². The first-order valence-corrected chi connectivity index (χ1v) is 14.8. The number of aryl methyl sites for hydroxylation is 1. The number of carbonyl (C=O) groups is 2. The van der Waals surface area contributed by atoms with Crippen LogP contribution in [0.1, 0.15) is 36.0 Å². The van der Waals surface area contributed by atoms with E-state index >= 15 is 0 Å². The van der Waals surface area contributed by atoms with Gasteiger partial charge in [-0.1, -0.05) is 6.07 Å². The summed E-state index contributed by atoms with van der Waals surface area (Å²) in [5.41, 5.74) is 1.61. The summed E-state index contributed by atoms with van der Waals surface area (Å²) in [7, 11) is 4.73. The van der Waals surface area contributed by atoms with Gasteiger partial charge in [0.2, 0.25) is 11.7 Å². The molecule has 2 aromatic heterocycles. The number of nitrogens with zero attached hydrogens (tertiary/aromatic N) is 5. The van der Waals surface area contributed by atoms with Gasteiger partial charge in [-0.3, -0.25) is 9.59 Å². The predicted octanol–water partition coefficient (Wildman–Crippen LogP) is 3.38. The van der Waals surface area contributed by atoms with Crippen molar-refractivity contribution in [3.63, 3.8) is 0 Å². The third-order valence-electron chi connectivity index (χ3n) is 7.61. The molecule has 5 rings (SSSR count). The molecule has 13 nitrogen and oxygen atoms in total. The Hall–Kier alpha value is -4.91. The lowest BCUT2D eigenvalue weighted by Crippen LogP contribution is -2.47. The molecule has 1 aliphatic rings. The van der Waals surface area contributed by atoms with E-state index in [1.54, 1.807) is 52.5 Å². The van der Waals surface area contributed by atoms with Gasteiger partial charge in [0.15, 0.2) is 17.5 Å². The van der Waals surface area contributed by atoms with Gasteiger partial charge in [-0.25, -0.2) is 0 Å². The monoisotopic (exact) mass is 618 g/mol. The maximum absolute atomic E-state index is 14.1. The second-order valence-corrected chi connectivity index (χ2v) is 10.6. The largest absolute Gasteiger partial charge is 0.497 e. The molecule has 1 fully saturated rings. The highest BCUT2D eigenvalue weighted by Crippen LogP contribution is 2.29. The summed E-state index contributed by atoms with van der Waals surface area (Å²) in [5, 5.41) is 15.7. The van der Waals surface area contributed by atoms with E-state index in [9.17, 15) is 9.59 Å². The van der Waals surface area contributed by atoms with Crippen molar-refractivity contribution in [1.82, 2.24) is 30.4 Å². The molecule has 0 spiro atoms. The lowest BCUT2D eigenvalue weighted by atomic mass is 10.1. The fraction of sp³-hybridized carbons (Fsp3) is 0.406. The van der Waals surface area contributed by atoms with Crippen LogP contribution in [-0.2, 0) is 27.3 Å². The molecule has 0 bridgehead atoms. The summed E-state index contributed by atoms with van der Waals surface area (Å²) in [6.45, 7) is 2.74. The minimum absolute atomic E-state index is 0.0698. The van der Waals surface area contributed by atoms with E-state index in [1.807, 2.05) is 30.3 Å². The second kappa shape index (κ2) is 14.7. The molecule has 0 unspecified atom stereocenters. The molecule has 1 N–H and O–H groups in total. The number of carbonyl (C=O) groups excluding carboxylic acids is 2. The summed E-state index contributed by atoms with van der Waals surface area (Å²) in [5.74, 6) is 2.43. The van der Waals surface area contributed by atoms with Gasteiger partial charge in [-0.15, -0.1) is 10.2 Å². The number of furan rings is 1. The normalized spacial score (nSPS) is 15.0. The van der Waals surface area contributed by atoms with Crippen molar-refractivity contribution in [2.45, 2.75) is 44.9 Å². The molecule has 2 atom stereocenters. The predicted molar refractivity (Wildman–Crippen MR) is 163 cm³/mol. The summed E-state index contributed by atoms with van der Waals surface area (Å²) < 4.78 is 27.7. The topological polar surface area (TPSA) is 143 Å². The molecule has 0 saturated carbocycles. The number of rotatable bonds is 14. The molecule has 0 aliphatic carbocycles. The first-order valence-electron chi connectivity index (χ1n) is 14.8. The summed E-state index contributed by atoms with van der Waals surface area (Å²) in [6, 6.07) is 15.2. The number of amides is 2. The fourth-order valence-electron chi connectivity index (χ4n) is 5.20. The van der Waals surface area contributed by atoms with E-state index in [2.05, 4.69) is 20.7 Å². The van der Waals surface area contributed by atoms with E-state index in [0.29, 0.717) is 54.2 Å². The summed E-state index contributed by atoms with van der Waals surface area (Å²) in [6.07, 6.45) is 2.16. The second-order valence-electron chi connectivity index (χ2n) is 10.6. The van der Waals surface area contributed by atoms with Crippen LogP contribution in [0.15, 0.2) is 59.0 Å². The average molecular weight is 619 g/mol. The number of nitrogens with one attached hydrogen (secondary N) is 1. The number of hydrogen-bond donors (Lipinski definition) is 1. The molecular weight excluding hydrogens is 580 g/mol. The third kappa shape index (κ3) is 7.79. The van der Waals surface area contributed by atoms with Crippen molar-refractivity contribution in [3.8, 4) is 28.6 Å². The number of benzene rings is 2. The van der Waals surface area contributed by atoms with E-state index in [4.69, 9.17) is 23.4 Å². The van der Waals surface area contributed by atoms with Crippen LogP contribution in [0.3, 0.4) is 0 Å². The molecule has 2 amide bonds. The molecular formula is C32H38N6O7. The van der Waals surface area contributed by atoms with Crippen molar-refractivity contribution in [3.05, 3.63) is 71.7 Å². The van der Waals surface area contributed by atoms with Crippen molar-refractivity contribution < 1.29 is 33.0 Å². The number of aromatic nitrogens is 4.